The van der Waals surface area contributed by atoms with Crippen LogP contribution in [0.4, 0.5) is 10.8 Å². The highest BCUT2D eigenvalue weighted by Gasteiger charge is 2.42. The highest BCUT2D eigenvalue weighted by Crippen LogP contribution is 2.44. The van der Waals surface area contributed by atoms with E-state index >= 15 is 0 Å². The van der Waals surface area contributed by atoms with E-state index in [0.29, 0.717) is 10.9 Å². The lowest BCUT2D eigenvalue weighted by Crippen LogP contribution is -2.27. The van der Waals surface area contributed by atoms with E-state index in [9.17, 15) is 8.42 Å². The molecule has 2 N–H and O–H groups in total. The number of nitrogens with two attached hydrogens (primary N) is 1. The molecule has 1 unspecified atom stereocenters. The minimum Gasteiger partial charge on any atom is -0.382 e. The van der Waals surface area contributed by atoms with E-state index in [-0.39, 0.29) is 11.1 Å². The molecule has 0 bridgehead atoms. The maximum absolute atomic E-state index is 12.4. The Kier molecular flexibility index (Phi) is 2.78. The van der Waals surface area contributed by atoms with Crippen molar-refractivity contribution in [1.29, 1.82) is 0 Å². The largest absolute Gasteiger partial charge is 0.382 e. The molecule has 1 aromatic heterocycles. The predicted molar refractivity (Wildman–Crippen MR) is 72.8 cm³/mol. The predicted octanol–water partition coefficient (Wildman–Crippen LogP) is 1.65. The Morgan fingerprint density at radius 1 is 1.39 bits per heavy atom. The summed E-state index contributed by atoms with van der Waals surface area (Å²) in [4.78, 5) is 2.44. The zero-order chi connectivity index (χ0) is 12.9. The van der Waals surface area contributed by atoms with Gasteiger partial charge in [-0.05, 0) is 44.1 Å². The van der Waals surface area contributed by atoms with Crippen molar-refractivity contribution in [2.24, 2.45) is 0 Å². The lowest BCUT2D eigenvalue weighted by molar-refractivity contribution is 0.595. The van der Waals surface area contributed by atoms with Crippen LogP contribution in [0.3, 0.4) is 0 Å². The Bertz CT molecular complexity index is 563. The zero-order valence-corrected chi connectivity index (χ0v) is 11.9. The second-order valence-electron chi connectivity index (χ2n) is 5.13. The van der Waals surface area contributed by atoms with E-state index in [2.05, 4.69) is 16.2 Å². The molecular formula is C11H17N3O2S2. The molecule has 1 atom stereocenters. The van der Waals surface area contributed by atoms with Gasteiger partial charge in [-0.25, -0.2) is 8.42 Å². The van der Waals surface area contributed by atoms with Gasteiger partial charge >= 0.3 is 0 Å². The van der Waals surface area contributed by atoms with Crippen LogP contribution in [0.5, 0.6) is 0 Å². The number of aromatic nitrogens is 1. The van der Waals surface area contributed by atoms with Gasteiger partial charge in [0.15, 0.2) is 15.7 Å². The summed E-state index contributed by atoms with van der Waals surface area (Å²) >= 11 is 1.22. The van der Waals surface area contributed by atoms with Gasteiger partial charge in [-0.1, -0.05) is 0 Å². The summed E-state index contributed by atoms with van der Waals surface area (Å²) in [6.45, 7) is 3.02. The van der Waals surface area contributed by atoms with E-state index in [1.54, 1.807) is 0 Å². The van der Waals surface area contributed by atoms with Gasteiger partial charge in [-0.3, -0.25) is 0 Å². The first-order valence-electron chi connectivity index (χ1n) is 6.27. The van der Waals surface area contributed by atoms with Crippen LogP contribution in [0.2, 0.25) is 0 Å². The Morgan fingerprint density at radius 3 is 2.67 bits per heavy atom. The molecule has 2 fully saturated rings. The minimum atomic E-state index is -3.26. The first-order valence-corrected chi connectivity index (χ1v) is 8.59. The molecule has 100 valence electrons. The maximum atomic E-state index is 12.4. The Hall–Kier alpha value is -0.820. The van der Waals surface area contributed by atoms with Crippen molar-refractivity contribution in [3.8, 4) is 0 Å². The van der Waals surface area contributed by atoms with Gasteiger partial charge in [0.05, 0.1) is 5.25 Å². The number of sulfone groups is 1. The van der Waals surface area contributed by atoms with Crippen molar-refractivity contribution >= 4 is 32.2 Å². The molecule has 1 aliphatic carbocycles. The van der Waals surface area contributed by atoms with Crippen LogP contribution < -0.4 is 10.6 Å². The fraction of sp³-hybridized carbons (Fsp3) is 0.727. The third-order valence-corrected chi connectivity index (χ3v) is 7.07. The van der Waals surface area contributed by atoms with E-state index < -0.39 is 9.84 Å². The molecule has 1 saturated heterocycles. The van der Waals surface area contributed by atoms with Crippen molar-refractivity contribution in [2.45, 2.75) is 48.8 Å². The number of hydrogen-bond donors (Lipinski definition) is 1. The summed E-state index contributed by atoms with van der Waals surface area (Å²) in [5.41, 5.74) is 5.80. The summed E-state index contributed by atoms with van der Waals surface area (Å²) in [5.74, 6) is 0.181. The zero-order valence-electron chi connectivity index (χ0n) is 10.3. The Morgan fingerprint density at radius 2 is 2.11 bits per heavy atom. The molecule has 0 aromatic carbocycles. The van der Waals surface area contributed by atoms with Crippen molar-refractivity contribution in [3.05, 3.63) is 0 Å². The number of hydrogen-bond acceptors (Lipinski definition) is 6. The molecule has 1 saturated carbocycles. The molecule has 18 heavy (non-hydrogen) atoms. The van der Waals surface area contributed by atoms with Gasteiger partial charge < -0.3 is 10.6 Å². The third kappa shape index (κ3) is 1.80. The quantitative estimate of drug-likeness (QED) is 0.914. The Labute approximate surface area is 111 Å². The van der Waals surface area contributed by atoms with Crippen molar-refractivity contribution in [3.63, 3.8) is 0 Å². The summed E-state index contributed by atoms with van der Waals surface area (Å²) in [6, 6.07) is 0.373. The highest BCUT2D eigenvalue weighted by atomic mass is 32.2. The number of rotatable bonds is 3. The summed E-state index contributed by atoms with van der Waals surface area (Å²) in [5, 5.41) is 0.525. The topological polar surface area (TPSA) is 76.3 Å². The van der Waals surface area contributed by atoms with Crippen molar-refractivity contribution in [1.82, 2.24) is 4.37 Å². The van der Waals surface area contributed by atoms with E-state index in [1.807, 2.05) is 0 Å². The highest BCUT2D eigenvalue weighted by molar-refractivity contribution is 7.92. The normalized spacial score (nSPS) is 24.7. The van der Waals surface area contributed by atoms with Crippen molar-refractivity contribution < 1.29 is 8.42 Å². The molecule has 5 nitrogen and oxygen atoms in total. The van der Waals surface area contributed by atoms with Gasteiger partial charge in [0.2, 0.25) is 0 Å². The SMILES string of the molecule is CC1CCCN1c1snc(N)c1S(=O)(=O)C1CC1. The smallest absolute Gasteiger partial charge is 0.187 e. The van der Waals surface area contributed by atoms with Crippen LogP contribution in [0.15, 0.2) is 4.90 Å². The molecule has 7 heteroatoms. The molecule has 2 aliphatic rings. The van der Waals surface area contributed by atoms with E-state index in [0.717, 1.165) is 37.2 Å². The molecule has 0 radical (unpaired) electrons. The fourth-order valence-electron chi connectivity index (χ4n) is 2.52. The van der Waals surface area contributed by atoms with E-state index in [1.165, 1.54) is 11.5 Å². The summed E-state index contributed by atoms with van der Waals surface area (Å²) in [6.07, 6.45) is 3.71. The average molecular weight is 287 g/mol. The second kappa shape index (κ2) is 4.09. The van der Waals surface area contributed by atoms with Gasteiger partial charge in [0.25, 0.3) is 0 Å². The van der Waals surface area contributed by atoms with E-state index in [4.69, 9.17) is 5.73 Å². The van der Waals surface area contributed by atoms with Crippen LogP contribution >= 0.6 is 11.5 Å². The van der Waals surface area contributed by atoms with Crippen molar-refractivity contribution in [2.75, 3.05) is 17.2 Å². The third-order valence-electron chi connectivity index (χ3n) is 3.72. The van der Waals surface area contributed by atoms with Gasteiger partial charge in [-0.15, -0.1) is 0 Å². The number of nitrogen functional groups attached to an aromatic ring is 1. The first-order chi connectivity index (χ1) is 8.51. The molecular weight excluding hydrogens is 270 g/mol. The molecule has 1 aromatic rings. The standard InChI is InChI=1S/C11H17N3O2S2/c1-7-3-2-6-14(7)11-9(10(12)13-17-11)18(15,16)8-4-5-8/h7-8H,2-6H2,1H3,(H2,12,13). The van der Waals surface area contributed by atoms with Crippen LogP contribution in [-0.2, 0) is 9.84 Å². The molecule has 1 aliphatic heterocycles. The van der Waals surface area contributed by atoms with Gasteiger partial charge in [0.1, 0.15) is 9.90 Å². The fourth-order valence-corrected chi connectivity index (χ4v) is 5.66. The second-order valence-corrected chi connectivity index (χ2v) is 8.05. The molecule has 3 rings (SSSR count). The molecule has 0 amide bonds. The minimum absolute atomic E-state index is 0.181. The lowest BCUT2D eigenvalue weighted by atomic mass is 10.2. The van der Waals surface area contributed by atoms with Crippen LogP contribution in [-0.4, -0.2) is 30.6 Å². The monoisotopic (exact) mass is 287 g/mol. The van der Waals surface area contributed by atoms with Crippen LogP contribution in [0, 0.1) is 0 Å². The lowest BCUT2D eigenvalue weighted by Gasteiger charge is -2.22. The average Bonchev–Trinajstić information content (AvgIpc) is 2.99. The van der Waals surface area contributed by atoms with Crippen LogP contribution in [0.1, 0.15) is 32.6 Å². The Balaban J connectivity index is 2.06. The summed E-state index contributed by atoms with van der Waals surface area (Å²) < 4.78 is 28.9. The van der Waals surface area contributed by atoms with Gasteiger partial charge in [0, 0.05) is 12.6 Å². The van der Waals surface area contributed by atoms with Gasteiger partial charge in [-0.2, -0.15) is 4.37 Å². The molecule has 2 heterocycles. The molecule has 0 spiro atoms. The number of nitrogens with zero attached hydrogens (tertiary/aromatic N) is 2. The summed E-state index contributed by atoms with van der Waals surface area (Å²) in [7, 11) is -3.26. The maximum Gasteiger partial charge on any atom is 0.187 e. The van der Waals surface area contributed by atoms with Crippen LogP contribution in [0.25, 0.3) is 0 Å². The number of anilines is 2. The first kappa shape index (κ1) is 12.2.